The summed E-state index contributed by atoms with van der Waals surface area (Å²) in [6, 6.07) is 24.4. The van der Waals surface area contributed by atoms with Crippen molar-refractivity contribution >= 4 is 46.0 Å². The zero-order chi connectivity index (χ0) is 26.0. The lowest BCUT2D eigenvalue weighted by atomic mass is 10.0. The summed E-state index contributed by atoms with van der Waals surface area (Å²) in [5.41, 5.74) is 4.22. The molecule has 0 unspecified atom stereocenters. The normalized spacial score (nSPS) is 10.8. The highest BCUT2D eigenvalue weighted by atomic mass is 35.5. The van der Waals surface area contributed by atoms with Gasteiger partial charge in [0.25, 0.3) is 12.5 Å². The number of nitrogens with zero attached hydrogens (tertiary/aromatic N) is 6. The molecule has 0 saturated carbocycles. The van der Waals surface area contributed by atoms with E-state index in [0.29, 0.717) is 50.7 Å². The van der Waals surface area contributed by atoms with Gasteiger partial charge in [0.2, 0.25) is 0 Å². The van der Waals surface area contributed by atoms with Gasteiger partial charge in [0.1, 0.15) is 22.9 Å². The summed E-state index contributed by atoms with van der Waals surface area (Å²) in [5, 5.41) is 34.8. The molecule has 0 aromatic heterocycles. The third-order valence-corrected chi connectivity index (χ3v) is 5.58. The molecule has 0 aliphatic rings. The standard InChI is InChI=1S/C27H16Cl2N6O2/c28-24-14-18(1-11-26(24)34-32-20-3-7-22(8-4-20)36-16-30)13-19-2-12-27(25(29)15-19)35-33-21-5-9-23(10-6-21)37-17-31/h1-12,14-15H,13H2. The Kier molecular flexibility index (Phi) is 8.41. The van der Waals surface area contributed by atoms with Crippen LogP contribution >= 0.6 is 23.2 Å². The summed E-state index contributed by atoms with van der Waals surface area (Å²) in [7, 11) is 0. The second-order valence-corrected chi connectivity index (χ2v) is 8.34. The Balaban J connectivity index is 1.40. The number of ether oxygens (including phenoxy) is 2. The molecule has 4 aromatic rings. The first-order valence-corrected chi connectivity index (χ1v) is 11.5. The Bertz CT molecular complexity index is 1420. The molecule has 10 heteroatoms. The maximum absolute atomic E-state index is 8.54. The number of hydrogen-bond donors (Lipinski definition) is 0. The van der Waals surface area contributed by atoms with Crippen LogP contribution in [0.2, 0.25) is 10.0 Å². The largest absolute Gasteiger partial charge is 0.388 e. The minimum atomic E-state index is 0.429. The predicted octanol–water partition coefficient (Wildman–Crippen LogP) is 9.13. The SMILES string of the molecule is N#COc1ccc(N=Nc2ccc(Cc3ccc(N=Nc4ccc(OC#N)cc4)c(Cl)c3)cc2Cl)cc1. The van der Waals surface area contributed by atoms with E-state index in [-0.39, 0.29) is 0 Å². The lowest BCUT2D eigenvalue weighted by molar-refractivity contribution is 0.507. The van der Waals surface area contributed by atoms with Crippen LogP contribution in [0.4, 0.5) is 22.7 Å². The van der Waals surface area contributed by atoms with Gasteiger partial charge in [-0.25, -0.2) is 0 Å². The van der Waals surface area contributed by atoms with Crippen molar-refractivity contribution in [2.45, 2.75) is 6.42 Å². The second kappa shape index (κ2) is 12.3. The Morgan fingerprint density at radius 1 is 0.568 bits per heavy atom. The quantitative estimate of drug-likeness (QED) is 0.168. The molecule has 37 heavy (non-hydrogen) atoms. The van der Waals surface area contributed by atoms with E-state index in [0.717, 1.165) is 11.1 Å². The monoisotopic (exact) mass is 526 g/mol. The molecule has 0 radical (unpaired) electrons. The van der Waals surface area contributed by atoms with Crippen molar-refractivity contribution in [2.75, 3.05) is 0 Å². The molecule has 0 N–H and O–H groups in total. The van der Waals surface area contributed by atoms with E-state index in [4.69, 9.17) is 43.2 Å². The van der Waals surface area contributed by atoms with Crippen molar-refractivity contribution in [1.82, 2.24) is 0 Å². The lowest BCUT2D eigenvalue weighted by Crippen LogP contribution is -1.88. The first-order valence-electron chi connectivity index (χ1n) is 10.8. The topological polar surface area (TPSA) is 115 Å². The fourth-order valence-electron chi connectivity index (χ4n) is 3.21. The van der Waals surface area contributed by atoms with Crippen LogP contribution in [-0.2, 0) is 6.42 Å². The Labute approximate surface area is 222 Å². The van der Waals surface area contributed by atoms with Gasteiger partial charge in [-0.3, -0.25) is 0 Å². The summed E-state index contributed by atoms with van der Waals surface area (Å²) in [5.74, 6) is 0.858. The second-order valence-electron chi connectivity index (χ2n) is 7.52. The fourth-order valence-corrected chi connectivity index (χ4v) is 3.69. The molecule has 0 amide bonds. The summed E-state index contributed by atoms with van der Waals surface area (Å²) in [6.45, 7) is 0. The number of rotatable bonds is 8. The van der Waals surface area contributed by atoms with Gasteiger partial charge in [-0.1, -0.05) is 35.3 Å². The molecular weight excluding hydrogens is 511 g/mol. The van der Waals surface area contributed by atoms with Crippen LogP contribution in [-0.4, -0.2) is 0 Å². The minimum Gasteiger partial charge on any atom is -0.388 e. The van der Waals surface area contributed by atoms with Crippen LogP contribution in [0.3, 0.4) is 0 Å². The highest BCUT2D eigenvalue weighted by Crippen LogP contribution is 2.32. The zero-order valence-corrected chi connectivity index (χ0v) is 20.6. The number of halogens is 2. The van der Waals surface area contributed by atoms with Gasteiger partial charge < -0.3 is 9.47 Å². The molecule has 8 nitrogen and oxygen atoms in total. The van der Waals surface area contributed by atoms with Crippen LogP contribution in [0.5, 0.6) is 11.5 Å². The molecule has 0 fully saturated rings. The van der Waals surface area contributed by atoms with Gasteiger partial charge in [-0.2, -0.15) is 10.2 Å². The van der Waals surface area contributed by atoms with E-state index in [1.54, 1.807) is 73.2 Å². The van der Waals surface area contributed by atoms with Gasteiger partial charge in [0.15, 0.2) is 0 Å². The maximum atomic E-state index is 8.54. The summed E-state index contributed by atoms with van der Waals surface area (Å²) in [6.07, 6.45) is 3.84. The van der Waals surface area contributed by atoms with Crippen LogP contribution in [0.1, 0.15) is 11.1 Å². The van der Waals surface area contributed by atoms with Gasteiger partial charge >= 0.3 is 0 Å². The molecular formula is C27H16Cl2N6O2. The molecule has 4 rings (SSSR count). The highest BCUT2D eigenvalue weighted by molar-refractivity contribution is 6.33. The van der Waals surface area contributed by atoms with Crippen LogP contribution < -0.4 is 9.47 Å². The molecule has 0 spiro atoms. The first kappa shape index (κ1) is 25.3. The fraction of sp³-hybridized carbons (Fsp3) is 0.0370. The van der Waals surface area contributed by atoms with Crippen molar-refractivity contribution in [1.29, 1.82) is 10.5 Å². The summed E-state index contributed by atoms with van der Waals surface area (Å²) in [4.78, 5) is 0. The van der Waals surface area contributed by atoms with Crippen molar-refractivity contribution < 1.29 is 9.47 Å². The number of hydrogen-bond acceptors (Lipinski definition) is 8. The summed E-state index contributed by atoms with van der Waals surface area (Å²) < 4.78 is 9.48. The Hall–Kier alpha value is -4.76. The minimum absolute atomic E-state index is 0.429. The van der Waals surface area contributed by atoms with Gasteiger partial charge in [0.05, 0.1) is 21.4 Å². The van der Waals surface area contributed by atoms with Crippen LogP contribution in [0, 0.1) is 23.0 Å². The average Bonchev–Trinajstić information content (AvgIpc) is 2.90. The van der Waals surface area contributed by atoms with Crippen molar-refractivity contribution in [3.63, 3.8) is 0 Å². The Morgan fingerprint density at radius 2 is 0.973 bits per heavy atom. The zero-order valence-electron chi connectivity index (χ0n) is 19.0. The molecule has 0 saturated heterocycles. The van der Waals surface area contributed by atoms with Gasteiger partial charge in [-0.15, -0.1) is 20.8 Å². The number of azo groups is 2. The summed E-state index contributed by atoms with van der Waals surface area (Å²) >= 11 is 12.8. The van der Waals surface area contributed by atoms with Crippen molar-refractivity contribution in [3.8, 4) is 24.0 Å². The van der Waals surface area contributed by atoms with Gasteiger partial charge in [-0.05, 0) is 90.3 Å². The molecule has 4 aromatic carbocycles. The third-order valence-electron chi connectivity index (χ3n) is 4.98. The van der Waals surface area contributed by atoms with E-state index in [1.165, 1.54) is 0 Å². The number of nitriles is 2. The van der Waals surface area contributed by atoms with E-state index in [9.17, 15) is 0 Å². The molecule has 0 bridgehead atoms. The highest BCUT2D eigenvalue weighted by Gasteiger charge is 2.06. The predicted molar refractivity (Wildman–Crippen MR) is 139 cm³/mol. The molecule has 0 aliphatic heterocycles. The van der Waals surface area contributed by atoms with E-state index < -0.39 is 0 Å². The first-order chi connectivity index (χ1) is 18.0. The van der Waals surface area contributed by atoms with E-state index >= 15 is 0 Å². The molecule has 180 valence electrons. The average molecular weight is 527 g/mol. The smallest absolute Gasteiger partial charge is 0.292 e. The van der Waals surface area contributed by atoms with Crippen molar-refractivity contribution in [3.05, 3.63) is 106 Å². The molecule has 0 aliphatic carbocycles. The third kappa shape index (κ3) is 7.12. The lowest BCUT2D eigenvalue weighted by Gasteiger charge is -2.06. The van der Waals surface area contributed by atoms with Crippen LogP contribution in [0.25, 0.3) is 0 Å². The maximum Gasteiger partial charge on any atom is 0.292 e. The van der Waals surface area contributed by atoms with E-state index in [1.807, 2.05) is 24.3 Å². The van der Waals surface area contributed by atoms with E-state index in [2.05, 4.69) is 20.5 Å². The Morgan fingerprint density at radius 3 is 1.32 bits per heavy atom. The van der Waals surface area contributed by atoms with Crippen molar-refractivity contribution in [2.24, 2.45) is 20.5 Å². The molecule has 0 heterocycles. The molecule has 0 atom stereocenters. The van der Waals surface area contributed by atoms with Gasteiger partial charge in [0, 0.05) is 0 Å². The van der Waals surface area contributed by atoms with Crippen LogP contribution in [0.15, 0.2) is 105 Å². The number of benzene rings is 4.